The molecule has 1 spiro atoms. The lowest BCUT2D eigenvalue weighted by Crippen LogP contribution is -2.33. The summed E-state index contributed by atoms with van der Waals surface area (Å²) in [5, 5.41) is 0. The lowest BCUT2D eigenvalue weighted by Gasteiger charge is -2.41. The van der Waals surface area contributed by atoms with Crippen molar-refractivity contribution in [3.8, 4) is 22.3 Å². The fraction of sp³-hybridized carbons (Fsp3) is 0.0357. The Morgan fingerprint density at radius 1 is 0.276 bits per heavy atom. The number of anilines is 3. The quantitative estimate of drug-likeness (QED) is 0.172. The van der Waals surface area contributed by atoms with E-state index in [2.05, 4.69) is 229 Å². The van der Waals surface area contributed by atoms with Crippen LogP contribution in [-0.4, -0.2) is 0 Å². The van der Waals surface area contributed by atoms with Gasteiger partial charge in [0, 0.05) is 26.9 Å². The molecule has 12 rings (SSSR count). The lowest BCUT2D eigenvalue weighted by molar-refractivity contribution is 0.715. The molecule has 0 bridgehead atoms. The average Bonchev–Trinajstić information content (AvgIpc) is 3.75. The van der Waals surface area contributed by atoms with Crippen LogP contribution in [-0.2, 0) is 10.8 Å². The molecule has 0 unspecified atom stereocenters. The number of hydrogen-bond donors (Lipinski definition) is 0. The van der Waals surface area contributed by atoms with Gasteiger partial charge in [0.1, 0.15) is 0 Å². The highest BCUT2D eigenvalue weighted by molar-refractivity contribution is 7.99. The van der Waals surface area contributed by atoms with Crippen LogP contribution >= 0.6 is 11.8 Å². The third-order valence-corrected chi connectivity index (χ3v) is 13.9. The minimum atomic E-state index is -0.576. The second-order valence-corrected chi connectivity index (χ2v) is 16.6. The van der Waals surface area contributed by atoms with Crippen molar-refractivity contribution < 1.29 is 0 Å². The molecule has 0 amide bonds. The minimum absolute atomic E-state index is 0.457. The number of nitrogens with zero attached hydrogens (tertiary/aromatic N) is 1. The first-order valence-corrected chi connectivity index (χ1v) is 20.9. The maximum Gasteiger partial charge on any atom is 0.0735 e. The molecule has 1 nitrogen and oxygen atoms in total. The van der Waals surface area contributed by atoms with Gasteiger partial charge in [-0.25, -0.2) is 0 Å². The van der Waals surface area contributed by atoms with Crippen molar-refractivity contribution in [1.29, 1.82) is 0 Å². The van der Waals surface area contributed by atoms with Crippen LogP contribution in [0.1, 0.15) is 44.5 Å². The molecule has 0 radical (unpaired) electrons. The summed E-state index contributed by atoms with van der Waals surface area (Å²) >= 11 is 1.92. The molecule has 58 heavy (non-hydrogen) atoms. The monoisotopic (exact) mass is 755 g/mol. The van der Waals surface area contributed by atoms with E-state index in [1.54, 1.807) is 0 Å². The van der Waals surface area contributed by atoms with Gasteiger partial charge in [-0.2, -0.15) is 0 Å². The first kappa shape index (κ1) is 33.3. The topological polar surface area (TPSA) is 3.24 Å². The Kier molecular flexibility index (Phi) is 7.36. The van der Waals surface area contributed by atoms with Crippen LogP contribution in [0.5, 0.6) is 0 Å². The van der Waals surface area contributed by atoms with Crippen LogP contribution in [0.3, 0.4) is 0 Å². The van der Waals surface area contributed by atoms with Gasteiger partial charge in [0.15, 0.2) is 0 Å². The molecule has 9 aromatic rings. The summed E-state index contributed by atoms with van der Waals surface area (Å²) in [5.74, 6) is 0. The van der Waals surface area contributed by atoms with Crippen molar-refractivity contribution in [2.75, 3.05) is 4.90 Å². The predicted octanol–water partition coefficient (Wildman–Crippen LogP) is 14.3. The standard InChI is InChI=1S/C56H37NS/c1-5-19-38(20-6-1)55(39-21-7-2-8-22-39)50-35-42(57(40-23-9-3-10-24-40)41-25-11-4-12-26-41)33-34-45(50)46-36-52-54(37-51(46)55)58-53-32-18-17-31-49(53)56(52)47-29-15-13-27-43(47)44-28-14-16-30-48(44)56/h1-37H. The number of benzene rings is 9. The maximum atomic E-state index is 2.59. The van der Waals surface area contributed by atoms with Crippen LogP contribution in [0.15, 0.2) is 234 Å². The Morgan fingerprint density at radius 2 is 0.741 bits per heavy atom. The van der Waals surface area contributed by atoms with Crippen LogP contribution in [0.4, 0.5) is 17.1 Å². The van der Waals surface area contributed by atoms with Gasteiger partial charge in [-0.1, -0.05) is 182 Å². The molecule has 3 aliphatic rings. The van der Waals surface area contributed by atoms with E-state index in [0.717, 1.165) is 17.1 Å². The summed E-state index contributed by atoms with van der Waals surface area (Å²) in [5.41, 5.74) is 18.1. The molecule has 0 N–H and O–H groups in total. The van der Waals surface area contributed by atoms with Crippen LogP contribution < -0.4 is 4.90 Å². The second kappa shape index (κ2) is 12.8. The van der Waals surface area contributed by atoms with Gasteiger partial charge >= 0.3 is 0 Å². The minimum Gasteiger partial charge on any atom is -0.310 e. The molecule has 0 saturated heterocycles. The summed E-state index contributed by atoms with van der Waals surface area (Å²) in [6.07, 6.45) is 0. The Labute approximate surface area is 343 Å². The Bertz CT molecular complexity index is 2900. The van der Waals surface area contributed by atoms with Crippen LogP contribution in [0.25, 0.3) is 22.3 Å². The van der Waals surface area contributed by atoms with Crippen molar-refractivity contribution in [1.82, 2.24) is 0 Å². The molecular weight excluding hydrogens is 719 g/mol. The smallest absolute Gasteiger partial charge is 0.0735 e. The van der Waals surface area contributed by atoms with Gasteiger partial charge < -0.3 is 4.90 Å². The zero-order valence-electron chi connectivity index (χ0n) is 31.7. The highest BCUT2D eigenvalue weighted by Gasteiger charge is 2.53. The molecule has 1 heterocycles. The van der Waals surface area contributed by atoms with Gasteiger partial charge in [-0.3, -0.25) is 0 Å². The fourth-order valence-electron chi connectivity index (χ4n) is 10.6. The zero-order valence-corrected chi connectivity index (χ0v) is 32.5. The van der Waals surface area contributed by atoms with Crippen molar-refractivity contribution in [3.63, 3.8) is 0 Å². The summed E-state index contributed by atoms with van der Waals surface area (Å²) in [6.45, 7) is 0. The van der Waals surface area contributed by atoms with Crippen molar-refractivity contribution in [2.45, 2.75) is 20.6 Å². The summed E-state index contributed by atoms with van der Waals surface area (Å²) < 4.78 is 0. The number of fused-ring (bicyclic) bond motifs is 12. The first-order valence-electron chi connectivity index (χ1n) is 20.1. The van der Waals surface area contributed by atoms with E-state index in [-0.39, 0.29) is 0 Å². The second-order valence-electron chi connectivity index (χ2n) is 15.6. The first-order chi connectivity index (χ1) is 28.8. The van der Waals surface area contributed by atoms with E-state index >= 15 is 0 Å². The molecule has 272 valence electrons. The molecule has 0 fully saturated rings. The summed E-state index contributed by atoms with van der Waals surface area (Å²) in [7, 11) is 0. The van der Waals surface area contributed by atoms with E-state index in [4.69, 9.17) is 0 Å². The molecule has 2 aliphatic carbocycles. The average molecular weight is 756 g/mol. The van der Waals surface area contributed by atoms with Gasteiger partial charge in [-0.15, -0.1) is 0 Å². The van der Waals surface area contributed by atoms with E-state index < -0.39 is 10.8 Å². The van der Waals surface area contributed by atoms with Crippen molar-refractivity contribution >= 4 is 28.8 Å². The Balaban J connectivity index is 1.20. The SMILES string of the molecule is c1ccc(N(c2ccccc2)c2ccc3c(c2)C(c2ccccc2)(c2ccccc2)c2cc4c(cc2-3)C2(c3ccccc3S4)c3ccccc3-c3ccccc32)cc1. The molecule has 1 aliphatic heterocycles. The Hall–Kier alpha value is -6.87. The molecule has 0 atom stereocenters. The molecule has 9 aromatic carbocycles. The van der Waals surface area contributed by atoms with Gasteiger partial charge in [0.2, 0.25) is 0 Å². The Morgan fingerprint density at radius 3 is 1.33 bits per heavy atom. The van der Waals surface area contributed by atoms with Gasteiger partial charge in [0.25, 0.3) is 0 Å². The van der Waals surface area contributed by atoms with E-state index in [1.165, 1.54) is 76.6 Å². The fourth-order valence-corrected chi connectivity index (χ4v) is 11.8. The van der Waals surface area contributed by atoms with E-state index in [1.807, 2.05) is 11.8 Å². The normalized spacial score (nSPS) is 14.4. The third kappa shape index (κ3) is 4.49. The lowest BCUT2D eigenvalue weighted by atomic mass is 9.65. The predicted molar refractivity (Wildman–Crippen MR) is 240 cm³/mol. The van der Waals surface area contributed by atoms with Gasteiger partial charge in [0.05, 0.1) is 10.8 Å². The van der Waals surface area contributed by atoms with Crippen LogP contribution in [0.2, 0.25) is 0 Å². The highest BCUT2D eigenvalue weighted by Crippen LogP contribution is 2.65. The summed E-state index contributed by atoms with van der Waals surface area (Å²) in [4.78, 5) is 5.01. The number of para-hydroxylation sites is 2. The summed E-state index contributed by atoms with van der Waals surface area (Å²) in [6, 6.07) is 83.6. The van der Waals surface area contributed by atoms with Crippen LogP contribution in [0, 0.1) is 0 Å². The molecule has 2 heteroatoms. The number of rotatable bonds is 5. The highest BCUT2D eigenvalue weighted by atomic mass is 32.2. The zero-order chi connectivity index (χ0) is 38.3. The molecular formula is C56H37NS. The van der Waals surface area contributed by atoms with Crippen molar-refractivity contribution in [2.24, 2.45) is 0 Å². The molecule has 0 saturated carbocycles. The maximum absolute atomic E-state index is 2.59. The largest absolute Gasteiger partial charge is 0.310 e. The van der Waals surface area contributed by atoms with Crippen molar-refractivity contribution in [3.05, 3.63) is 269 Å². The van der Waals surface area contributed by atoms with E-state index in [0.29, 0.717) is 0 Å². The van der Waals surface area contributed by atoms with Gasteiger partial charge in [-0.05, 0) is 121 Å². The number of hydrogen-bond acceptors (Lipinski definition) is 2. The van der Waals surface area contributed by atoms with E-state index in [9.17, 15) is 0 Å². The molecule has 0 aromatic heterocycles. The third-order valence-electron chi connectivity index (χ3n) is 12.8.